The van der Waals surface area contributed by atoms with Gasteiger partial charge in [0.2, 0.25) is 11.8 Å². The van der Waals surface area contributed by atoms with Crippen molar-refractivity contribution in [2.75, 3.05) is 6.54 Å². The van der Waals surface area contributed by atoms with Gasteiger partial charge in [-0.15, -0.1) is 0 Å². The van der Waals surface area contributed by atoms with E-state index in [1.54, 1.807) is 18.2 Å². The van der Waals surface area contributed by atoms with Gasteiger partial charge >= 0.3 is 5.97 Å². The zero-order chi connectivity index (χ0) is 16.1. The maximum atomic E-state index is 12.2. The molecule has 0 saturated carbocycles. The normalized spacial score (nSPS) is 20.8. The van der Waals surface area contributed by atoms with E-state index in [9.17, 15) is 19.5 Å². The predicted molar refractivity (Wildman–Crippen MR) is 74.7 cm³/mol. The van der Waals surface area contributed by atoms with Crippen LogP contribution in [0.4, 0.5) is 0 Å². The SMILES string of the molecule is [N-]=[N+]=NC[C@H]1NC(=O)[C@H]1NC(=O)C(C(=O)O)c1ccccc1. The van der Waals surface area contributed by atoms with Crippen molar-refractivity contribution in [1.29, 1.82) is 0 Å². The van der Waals surface area contributed by atoms with Crippen LogP contribution >= 0.6 is 0 Å². The molecule has 22 heavy (non-hydrogen) atoms. The van der Waals surface area contributed by atoms with E-state index in [2.05, 4.69) is 20.7 Å². The topological polar surface area (TPSA) is 144 Å². The van der Waals surface area contributed by atoms with Crippen LogP contribution in [0, 0.1) is 0 Å². The second-order valence-electron chi connectivity index (χ2n) is 4.70. The highest BCUT2D eigenvalue weighted by Gasteiger charge is 2.41. The number of carboxylic acid groups (broad SMARTS) is 1. The van der Waals surface area contributed by atoms with Crippen molar-refractivity contribution >= 4 is 17.8 Å². The molecule has 1 aromatic rings. The summed E-state index contributed by atoms with van der Waals surface area (Å²) in [7, 11) is 0. The van der Waals surface area contributed by atoms with Crippen LogP contribution in [0.15, 0.2) is 35.4 Å². The molecule has 114 valence electrons. The van der Waals surface area contributed by atoms with E-state index in [1.165, 1.54) is 12.1 Å². The number of aliphatic carboxylic acids is 1. The molecule has 1 heterocycles. The Morgan fingerprint density at radius 2 is 2.09 bits per heavy atom. The Morgan fingerprint density at radius 1 is 1.41 bits per heavy atom. The first kappa shape index (κ1) is 15.3. The lowest BCUT2D eigenvalue weighted by Gasteiger charge is -2.36. The monoisotopic (exact) mass is 303 g/mol. The first-order valence-corrected chi connectivity index (χ1v) is 6.44. The Balaban J connectivity index is 2.10. The molecular formula is C13H13N5O4. The third kappa shape index (κ3) is 3.15. The number of hydrogen-bond acceptors (Lipinski definition) is 4. The Kier molecular flexibility index (Phi) is 4.60. The molecule has 3 N–H and O–H groups in total. The van der Waals surface area contributed by atoms with E-state index < -0.39 is 35.8 Å². The van der Waals surface area contributed by atoms with Gasteiger partial charge in [-0.25, -0.2) is 0 Å². The number of nitrogens with zero attached hydrogens (tertiary/aromatic N) is 3. The van der Waals surface area contributed by atoms with Gasteiger partial charge in [0.1, 0.15) is 6.04 Å². The van der Waals surface area contributed by atoms with Gasteiger partial charge in [-0.05, 0) is 11.1 Å². The highest BCUT2D eigenvalue weighted by molar-refractivity contribution is 6.05. The van der Waals surface area contributed by atoms with Crippen LogP contribution in [0.2, 0.25) is 0 Å². The zero-order valence-corrected chi connectivity index (χ0v) is 11.3. The third-order valence-electron chi connectivity index (χ3n) is 3.29. The van der Waals surface area contributed by atoms with Crippen LogP contribution in [0.1, 0.15) is 11.5 Å². The summed E-state index contributed by atoms with van der Waals surface area (Å²) in [6.07, 6.45) is 0. The molecule has 0 aliphatic carbocycles. The molecular weight excluding hydrogens is 290 g/mol. The van der Waals surface area contributed by atoms with Crippen molar-refractivity contribution in [2.45, 2.75) is 18.0 Å². The molecule has 0 radical (unpaired) electrons. The third-order valence-corrected chi connectivity index (χ3v) is 3.29. The Morgan fingerprint density at radius 3 is 2.64 bits per heavy atom. The number of hydrogen-bond donors (Lipinski definition) is 3. The van der Waals surface area contributed by atoms with Crippen molar-refractivity contribution in [2.24, 2.45) is 5.11 Å². The van der Waals surface area contributed by atoms with E-state index in [4.69, 9.17) is 5.53 Å². The lowest BCUT2D eigenvalue weighted by molar-refractivity contribution is -0.145. The minimum atomic E-state index is -1.41. The van der Waals surface area contributed by atoms with Crippen LogP contribution in [-0.4, -0.2) is 41.5 Å². The molecule has 1 saturated heterocycles. The van der Waals surface area contributed by atoms with E-state index in [0.717, 1.165) is 0 Å². The van der Waals surface area contributed by atoms with E-state index in [1.807, 2.05) is 0 Å². The van der Waals surface area contributed by atoms with Crippen LogP contribution in [0.5, 0.6) is 0 Å². The molecule has 9 nitrogen and oxygen atoms in total. The van der Waals surface area contributed by atoms with Gasteiger partial charge in [-0.3, -0.25) is 14.4 Å². The second-order valence-corrected chi connectivity index (χ2v) is 4.70. The maximum Gasteiger partial charge on any atom is 0.320 e. The van der Waals surface area contributed by atoms with E-state index in [0.29, 0.717) is 5.56 Å². The van der Waals surface area contributed by atoms with Gasteiger partial charge in [-0.2, -0.15) is 0 Å². The molecule has 1 aliphatic heterocycles. The van der Waals surface area contributed by atoms with Gasteiger partial charge in [0.15, 0.2) is 5.92 Å². The highest BCUT2D eigenvalue weighted by Crippen LogP contribution is 2.17. The first-order chi connectivity index (χ1) is 10.5. The van der Waals surface area contributed by atoms with E-state index in [-0.39, 0.29) is 6.54 Å². The first-order valence-electron chi connectivity index (χ1n) is 6.44. The molecule has 0 aromatic heterocycles. The number of azide groups is 1. The Bertz CT molecular complexity index is 641. The highest BCUT2D eigenvalue weighted by atomic mass is 16.4. The zero-order valence-electron chi connectivity index (χ0n) is 11.3. The summed E-state index contributed by atoms with van der Waals surface area (Å²) >= 11 is 0. The number of rotatable bonds is 6. The summed E-state index contributed by atoms with van der Waals surface area (Å²) in [5.41, 5.74) is 8.58. The standard InChI is InChI=1S/C13H13N5O4/c14-18-15-6-8-10(12(20)16-8)17-11(19)9(13(21)22)7-4-2-1-3-5-7/h1-5,8-10H,6H2,(H,16,20)(H,17,19)(H,21,22)/t8-,9?,10+/m1/s1. The second kappa shape index (κ2) is 6.59. The quantitative estimate of drug-likeness (QED) is 0.226. The van der Waals surface area contributed by atoms with Crippen LogP contribution in [0.3, 0.4) is 0 Å². The number of benzene rings is 1. The lowest BCUT2D eigenvalue weighted by atomic mass is 9.95. The lowest BCUT2D eigenvalue weighted by Crippen LogP contribution is -2.70. The Labute approximate surface area is 124 Å². The minimum Gasteiger partial charge on any atom is -0.480 e. The number of carbonyl (C=O) groups excluding carboxylic acids is 2. The van der Waals surface area contributed by atoms with Crippen LogP contribution in [-0.2, 0) is 14.4 Å². The molecule has 1 aromatic carbocycles. The molecule has 1 fully saturated rings. The number of nitrogens with one attached hydrogen (secondary N) is 2. The van der Waals surface area contributed by atoms with Crippen molar-refractivity contribution in [3.63, 3.8) is 0 Å². The fraction of sp³-hybridized carbons (Fsp3) is 0.308. The molecule has 3 atom stereocenters. The molecule has 0 spiro atoms. The average molecular weight is 303 g/mol. The number of carboxylic acids is 1. The molecule has 2 amide bonds. The number of carbonyl (C=O) groups is 3. The van der Waals surface area contributed by atoms with Gasteiger partial charge in [0.05, 0.1) is 6.04 Å². The molecule has 0 bridgehead atoms. The molecule has 9 heteroatoms. The molecule has 1 aliphatic rings. The smallest absolute Gasteiger partial charge is 0.320 e. The van der Waals surface area contributed by atoms with Crippen molar-refractivity contribution < 1.29 is 19.5 Å². The summed E-state index contributed by atoms with van der Waals surface area (Å²) in [6, 6.07) is 6.57. The number of amides is 2. The summed E-state index contributed by atoms with van der Waals surface area (Å²) in [5.74, 6) is -3.95. The summed E-state index contributed by atoms with van der Waals surface area (Å²) in [4.78, 5) is 37.5. The average Bonchev–Trinajstić information content (AvgIpc) is 2.50. The predicted octanol–water partition coefficient (Wildman–Crippen LogP) is 0.148. The fourth-order valence-electron chi connectivity index (χ4n) is 2.17. The molecule has 2 rings (SSSR count). The fourth-order valence-corrected chi connectivity index (χ4v) is 2.17. The van der Waals surface area contributed by atoms with Crippen molar-refractivity contribution in [3.05, 3.63) is 46.3 Å². The van der Waals surface area contributed by atoms with E-state index >= 15 is 0 Å². The summed E-state index contributed by atoms with van der Waals surface area (Å²) in [5, 5.41) is 17.4. The van der Waals surface area contributed by atoms with Gasteiger partial charge in [0, 0.05) is 11.5 Å². The number of β-lactam (4-membered cyclic amide) rings is 1. The van der Waals surface area contributed by atoms with Crippen LogP contribution in [0.25, 0.3) is 10.4 Å². The van der Waals surface area contributed by atoms with Crippen molar-refractivity contribution in [1.82, 2.24) is 10.6 Å². The van der Waals surface area contributed by atoms with Gasteiger partial charge in [-0.1, -0.05) is 35.4 Å². The largest absolute Gasteiger partial charge is 0.480 e. The molecule has 1 unspecified atom stereocenters. The Hall–Kier alpha value is -3.06. The van der Waals surface area contributed by atoms with Crippen molar-refractivity contribution in [3.8, 4) is 0 Å². The summed E-state index contributed by atoms with van der Waals surface area (Å²) in [6.45, 7) is -0.0176. The summed E-state index contributed by atoms with van der Waals surface area (Å²) < 4.78 is 0. The van der Waals surface area contributed by atoms with Crippen LogP contribution < -0.4 is 10.6 Å². The van der Waals surface area contributed by atoms with Gasteiger partial charge in [0.25, 0.3) is 0 Å². The van der Waals surface area contributed by atoms with Gasteiger partial charge < -0.3 is 15.7 Å². The maximum absolute atomic E-state index is 12.2. The minimum absolute atomic E-state index is 0.0176.